The zero-order valence-corrected chi connectivity index (χ0v) is 19.3. The van der Waals surface area contributed by atoms with Crippen molar-refractivity contribution >= 4 is 0 Å². The largest absolute Gasteiger partial charge is 0.381 e. The number of hydrogen-bond acceptors (Lipinski definition) is 2. The number of unbranched alkanes of at least 4 members (excludes halogenated alkanes) is 10. The molecule has 1 aromatic carbocycles. The van der Waals surface area contributed by atoms with E-state index in [4.69, 9.17) is 9.47 Å². The van der Waals surface area contributed by atoms with E-state index in [0.29, 0.717) is 0 Å². The molecule has 0 heterocycles. The number of halogens is 1. The average molecular weight is 409 g/mol. The van der Waals surface area contributed by atoms with E-state index >= 15 is 0 Å². The van der Waals surface area contributed by atoms with Crippen LogP contribution in [0.1, 0.15) is 103 Å². The number of ether oxygens (including phenoxy) is 2. The number of hydrogen-bond donors (Lipinski definition) is 0. The van der Waals surface area contributed by atoms with Gasteiger partial charge in [0.15, 0.2) is 0 Å². The summed E-state index contributed by atoms with van der Waals surface area (Å²) >= 11 is 0. The Bertz CT molecular complexity index is 478. The van der Waals surface area contributed by atoms with Gasteiger partial charge in [0.05, 0.1) is 5.60 Å². The Morgan fingerprint density at radius 2 is 1.10 bits per heavy atom. The summed E-state index contributed by atoms with van der Waals surface area (Å²) in [4.78, 5) is 0. The molecule has 0 spiro atoms. The molecule has 0 radical (unpaired) electrons. The van der Waals surface area contributed by atoms with Gasteiger partial charge in [-0.25, -0.2) is 4.39 Å². The maximum atomic E-state index is 12.9. The van der Waals surface area contributed by atoms with Crippen LogP contribution in [0.3, 0.4) is 0 Å². The first-order valence-electron chi connectivity index (χ1n) is 11.9. The maximum absolute atomic E-state index is 12.9. The summed E-state index contributed by atoms with van der Waals surface area (Å²) < 4.78 is 24.2. The zero-order valence-electron chi connectivity index (χ0n) is 19.3. The van der Waals surface area contributed by atoms with Crippen molar-refractivity contribution in [2.24, 2.45) is 0 Å². The third-order valence-electron chi connectivity index (χ3n) is 5.14. The normalized spacial score (nSPS) is 11.9. The summed E-state index contributed by atoms with van der Waals surface area (Å²) in [5.74, 6) is -0.139. The minimum atomic E-state index is -0.139. The van der Waals surface area contributed by atoms with Crippen molar-refractivity contribution < 1.29 is 13.9 Å². The fourth-order valence-corrected chi connectivity index (χ4v) is 3.42. The zero-order chi connectivity index (χ0) is 21.2. The summed E-state index contributed by atoms with van der Waals surface area (Å²) in [5.41, 5.74) is 1.22. The van der Waals surface area contributed by atoms with E-state index in [1.54, 1.807) is 12.1 Å². The Hall–Kier alpha value is -0.930. The number of benzene rings is 1. The van der Waals surface area contributed by atoms with Crippen molar-refractivity contribution in [3.05, 3.63) is 35.6 Å². The van der Waals surface area contributed by atoms with Gasteiger partial charge >= 0.3 is 0 Å². The summed E-state index contributed by atoms with van der Waals surface area (Å²) in [6, 6.07) is 6.94. The van der Waals surface area contributed by atoms with Gasteiger partial charge in [-0.15, -0.1) is 0 Å². The van der Waals surface area contributed by atoms with Crippen LogP contribution >= 0.6 is 0 Å². The molecule has 0 amide bonds. The molecule has 0 N–H and O–H groups in total. The van der Waals surface area contributed by atoms with E-state index in [1.165, 1.54) is 76.2 Å². The maximum Gasteiger partial charge on any atom is 0.123 e. The Kier molecular flexibility index (Phi) is 15.1. The highest BCUT2D eigenvalue weighted by molar-refractivity contribution is 5.15. The SMILES string of the molecule is CC(C)(C)OCCCOCCCCCCCCCCCCCc1ccc(F)cc1. The van der Waals surface area contributed by atoms with Gasteiger partial charge in [0.1, 0.15) is 5.82 Å². The lowest BCUT2D eigenvalue weighted by Gasteiger charge is -2.19. The van der Waals surface area contributed by atoms with Crippen molar-refractivity contribution in [1.29, 1.82) is 0 Å². The first-order chi connectivity index (χ1) is 14.0. The van der Waals surface area contributed by atoms with Crippen molar-refractivity contribution in [3.8, 4) is 0 Å². The fraction of sp³-hybridized carbons (Fsp3) is 0.769. The molecule has 0 fully saturated rings. The van der Waals surface area contributed by atoms with Gasteiger partial charge in [0.25, 0.3) is 0 Å². The minimum Gasteiger partial charge on any atom is -0.381 e. The first-order valence-corrected chi connectivity index (χ1v) is 11.9. The Morgan fingerprint density at radius 1 is 0.621 bits per heavy atom. The Balaban J connectivity index is 1.72. The van der Waals surface area contributed by atoms with E-state index in [0.717, 1.165) is 32.7 Å². The molecule has 0 saturated carbocycles. The van der Waals surface area contributed by atoms with Gasteiger partial charge in [-0.05, 0) is 64.2 Å². The molecule has 0 aromatic heterocycles. The number of rotatable bonds is 18. The summed E-state index contributed by atoms with van der Waals surface area (Å²) in [6.45, 7) is 8.77. The lowest BCUT2D eigenvalue weighted by Crippen LogP contribution is -2.20. The molecule has 2 nitrogen and oxygen atoms in total. The predicted molar refractivity (Wildman–Crippen MR) is 122 cm³/mol. The van der Waals surface area contributed by atoms with Crippen molar-refractivity contribution in [2.45, 2.75) is 110 Å². The molecule has 3 heteroatoms. The van der Waals surface area contributed by atoms with Crippen LogP contribution in [-0.2, 0) is 15.9 Å². The third kappa shape index (κ3) is 17.6. The van der Waals surface area contributed by atoms with Gasteiger partial charge in [0, 0.05) is 19.8 Å². The monoisotopic (exact) mass is 408 g/mol. The topological polar surface area (TPSA) is 18.5 Å². The summed E-state index contributed by atoms with van der Waals surface area (Å²) in [6.07, 6.45) is 16.6. The molecule has 168 valence electrons. The second kappa shape index (κ2) is 16.8. The molecule has 0 aliphatic rings. The van der Waals surface area contributed by atoms with Crippen molar-refractivity contribution in [1.82, 2.24) is 0 Å². The second-order valence-electron chi connectivity index (χ2n) is 9.19. The smallest absolute Gasteiger partial charge is 0.123 e. The van der Waals surface area contributed by atoms with Crippen LogP contribution in [0.15, 0.2) is 24.3 Å². The second-order valence-corrected chi connectivity index (χ2v) is 9.19. The van der Waals surface area contributed by atoms with Gasteiger partial charge in [-0.1, -0.05) is 69.9 Å². The fourth-order valence-electron chi connectivity index (χ4n) is 3.42. The molecule has 0 atom stereocenters. The van der Waals surface area contributed by atoms with Gasteiger partial charge in [-0.3, -0.25) is 0 Å². The molecular weight excluding hydrogens is 363 g/mol. The lowest BCUT2D eigenvalue weighted by atomic mass is 10.0. The highest BCUT2D eigenvalue weighted by atomic mass is 19.1. The molecule has 1 aromatic rings. The molecule has 0 bridgehead atoms. The minimum absolute atomic E-state index is 0.0365. The van der Waals surface area contributed by atoms with Crippen LogP contribution in [0.2, 0.25) is 0 Å². The first kappa shape index (κ1) is 26.1. The molecular formula is C26H45FO2. The van der Waals surface area contributed by atoms with Crippen LogP contribution < -0.4 is 0 Å². The lowest BCUT2D eigenvalue weighted by molar-refractivity contribution is -0.0140. The predicted octanol–water partition coefficient (Wildman–Crippen LogP) is 7.88. The molecule has 1 rings (SSSR count). The van der Waals surface area contributed by atoms with Gasteiger partial charge in [-0.2, -0.15) is 0 Å². The van der Waals surface area contributed by atoms with E-state index in [-0.39, 0.29) is 11.4 Å². The van der Waals surface area contributed by atoms with Crippen LogP contribution in [0.25, 0.3) is 0 Å². The van der Waals surface area contributed by atoms with Crippen LogP contribution in [0.4, 0.5) is 4.39 Å². The highest BCUT2D eigenvalue weighted by Gasteiger charge is 2.08. The van der Waals surface area contributed by atoms with Gasteiger partial charge in [0.2, 0.25) is 0 Å². The van der Waals surface area contributed by atoms with Crippen LogP contribution in [-0.4, -0.2) is 25.4 Å². The van der Waals surface area contributed by atoms with E-state index in [1.807, 2.05) is 12.1 Å². The molecule has 0 aliphatic heterocycles. The Labute approximate surface area is 179 Å². The molecule has 0 saturated heterocycles. The molecule has 0 aliphatic carbocycles. The third-order valence-corrected chi connectivity index (χ3v) is 5.14. The van der Waals surface area contributed by atoms with Crippen LogP contribution in [0, 0.1) is 5.82 Å². The summed E-state index contributed by atoms with van der Waals surface area (Å²) in [7, 11) is 0. The number of aryl methyl sites for hydroxylation is 1. The highest BCUT2D eigenvalue weighted by Crippen LogP contribution is 2.13. The average Bonchev–Trinajstić information content (AvgIpc) is 2.67. The molecule has 29 heavy (non-hydrogen) atoms. The van der Waals surface area contributed by atoms with Crippen molar-refractivity contribution in [2.75, 3.05) is 19.8 Å². The quantitative estimate of drug-likeness (QED) is 0.230. The van der Waals surface area contributed by atoms with Crippen molar-refractivity contribution in [3.63, 3.8) is 0 Å². The van der Waals surface area contributed by atoms with Gasteiger partial charge < -0.3 is 9.47 Å². The van der Waals surface area contributed by atoms with E-state index in [9.17, 15) is 4.39 Å². The van der Waals surface area contributed by atoms with E-state index in [2.05, 4.69) is 20.8 Å². The summed E-state index contributed by atoms with van der Waals surface area (Å²) in [5, 5.41) is 0. The Morgan fingerprint density at radius 3 is 1.66 bits per heavy atom. The molecule has 0 unspecified atom stereocenters. The standard InChI is InChI=1S/C26H45FO2/c1-26(2,3)29-23-15-22-28-21-14-12-10-8-6-4-5-7-9-11-13-16-24-17-19-25(27)20-18-24/h17-20H,4-16,21-23H2,1-3H3. The van der Waals surface area contributed by atoms with Crippen LogP contribution in [0.5, 0.6) is 0 Å². The van der Waals surface area contributed by atoms with E-state index < -0.39 is 0 Å².